The fraction of sp³-hybridized carbons (Fsp3) is 0.318. The van der Waals surface area contributed by atoms with Crippen molar-refractivity contribution in [2.75, 3.05) is 13.2 Å². The van der Waals surface area contributed by atoms with E-state index in [2.05, 4.69) is 10.2 Å². The van der Waals surface area contributed by atoms with Crippen LogP contribution in [0.1, 0.15) is 42.1 Å². The summed E-state index contributed by atoms with van der Waals surface area (Å²) in [4.78, 5) is 12.4. The van der Waals surface area contributed by atoms with E-state index in [1.165, 1.54) is 0 Å². The molecule has 1 fully saturated rings. The van der Waals surface area contributed by atoms with E-state index in [0.29, 0.717) is 23.8 Å². The highest BCUT2D eigenvalue weighted by Crippen LogP contribution is 2.23. The lowest BCUT2D eigenvalue weighted by Gasteiger charge is -2.12. The zero-order chi connectivity index (χ0) is 20.1. The first-order valence-electron chi connectivity index (χ1n) is 9.63. The molecule has 1 aromatic heterocycles. The second-order valence-corrected chi connectivity index (χ2v) is 6.83. The molecule has 2 atom stereocenters. The Morgan fingerprint density at radius 3 is 2.66 bits per heavy atom. The molecule has 150 valence electrons. The molecule has 7 nitrogen and oxygen atoms in total. The third-order valence-corrected chi connectivity index (χ3v) is 4.64. The van der Waals surface area contributed by atoms with Crippen LogP contribution in [0.15, 0.2) is 59.0 Å². The summed E-state index contributed by atoms with van der Waals surface area (Å²) in [6, 6.07) is 16.3. The minimum absolute atomic E-state index is 0.149. The van der Waals surface area contributed by atoms with E-state index >= 15 is 0 Å². The van der Waals surface area contributed by atoms with Gasteiger partial charge in [0.1, 0.15) is 12.4 Å². The fourth-order valence-corrected chi connectivity index (χ4v) is 3.03. The lowest BCUT2D eigenvalue weighted by Crippen LogP contribution is -2.16. The highest BCUT2D eigenvalue weighted by Gasteiger charge is 2.20. The summed E-state index contributed by atoms with van der Waals surface area (Å²) in [5.74, 6) is 0.849. The van der Waals surface area contributed by atoms with E-state index < -0.39 is 12.1 Å². The molecule has 3 aromatic rings. The summed E-state index contributed by atoms with van der Waals surface area (Å²) in [5.41, 5.74) is 1.23. The van der Waals surface area contributed by atoms with Gasteiger partial charge in [-0.05, 0) is 56.2 Å². The van der Waals surface area contributed by atoms with Gasteiger partial charge in [0.05, 0.1) is 11.7 Å². The molecule has 0 spiro atoms. The molecule has 2 heterocycles. The topological polar surface area (TPSA) is 83.7 Å². The molecule has 1 aliphatic heterocycles. The van der Waals surface area contributed by atoms with Crippen LogP contribution in [0.4, 0.5) is 0 Å². The Kier molecular flexibility index (Phi) is 5.86. The molecular formula is C22H22N2O5. The smallest absolute Gasteiger partial charge is 0.338 e. The standard InChI is InChI=1S/C22H22N2O5/c1-15(20-23-24-21(29-20)16-6-3-2-4-7-16)28-22(25)17-9-11-18(12-10-17)27-14-19-8-5-13-26-19/h2-4,6-7,9-12,15,19H,5,8,13-14H2,1H3/t15-,19-/m1/s1. The van der Waals surface area contributed by atoms with Crippen molar-refractivity contribution in [1.29, 1.82) is 0 Å². The number of aromatic nitrogens is 2. The van der Waals surface area contributed by atoms with Crippen molar-refractivity contribution in [1.82, 2.24) is 10.2 Å². The number of hydrogen-bond acceptors (Lipinski definition) is 7. The van der Waals surface area contributed by atoms with Crippen molar-refractivity contribution in [2.45, 2.75) is 32.0 Å². The van der Waals surface area contributed by atoms with E-state index in [4.69, 9.17) is 18.6 Å². The summed E-state index contributed by atoms with van der Waals surface area (Å²) in [6.07, 6.45) is 1.58. The monoisotopic (exact) mass is 394 g/mol. The maximum Gasteiger partial charge on any atom is 0.338 e. The first kappa shape index (κ1) is 19.1. The molecule has 7 heteroatoms. The van der Waals surface area contributed by atoms with Crippen LogP contribution < -0.4 is 4.74 Å². The third-order valence-electron chi connectivity index (χ3n) is 4.64. The first-order valence-corrected chi connectivity index (χ1v) is 9.63. The van der Waals surface area contributed by atoms with E-state index in [9.17, 15) is 4.79 Å². The molecule has 4 rings (SSSR count). The van der Waals surface area contributed by atoms with Crippen molar-refractivity contribution in [3.63, 3.8) is 0 Å². The number of carbonyl (C=O) groups excluding carboxylic acids is 1. The van der Waals surface area contributed by atoms with Crippen molar-refractivity contribution < 1.29 is 23.4 Å². The Morgan fingerprint density at radius 2 is 1.93 bits per heavy atom. The number of benzene rings is 2. The summed E-state index contributed by atoms with van der Waals surface area (Å²) in [6.45, 7) is 3.00. The van der Waals surface area contributed by atoms with Gasteiger partial charge in [-0.2, -0.15) is 0 Å². The highest BCUT2D eigenvalue weighted by molar-refractivity contribution is 5.89. The minimum Gasteiger partial charge on any atom is -0.491 e. The van der Waals surface area contributed by atoms with E-state index in [-0.39, 0.29) is 12.0 Å². The van der Waals surface area contributed by atoms with Crippen LogP contribution in [0, 0.1) is 0 Å². The first-order chi connectivity index (χ1) is 14.2. The molecule has 0 unspecified atom stereocenters. The van der Waals surface area contributed by atoms with E-state index in [1.54, 1.807) is 31.2 Å². The average Bonchev–Trinajstić information content (AvgIpc) is 3.45. The summed E-state index contributed by atoms with van der Waals surface area (Å²) in [5, 5.41) is 8.01. The van der Waals surface area contributed by atoms with Gasteiger partial charge >= 0.3 is 5.97 Å². The van der Waals surface area contributed by atoms with Crippen molar-refractivity contribution >= 4 is 5.97 Å². The zero-order valence-electron chi connectivity index (χ0n) is 16.1. The predicted molar refractivity (Wildman–Crippen MR) is 104 cm³/mol. The minimum atomic E-state index is -0.664. The molecule has 0 amide bonds. The van der Waals surface area contributed by atoms with Crippen molar-refractivity contribution in [3.05, 3.63) is 66.1 Å². The van der Waals surface area contributed by atoms with Crippen LogP contribution in [0.5, 0.6) is 5.75 Å². The lowest BCUT2D eigenvalue weighted by molar-refractivity contribution is 0.0279. The normalized spacial score (nSPS) is 17.1. The highest BCUT2D eigenvalue weighted by atomic mass is 16.6. The Morgan fingerprint density at radius 1 is 1.14 bits per heavy atom. The van der Waals surface area contributed by atoms with E-state index in [0.717, 1.165) is 25.0 Å². The molecule has 0 aliphatic carbocycles. The number of esters is 1. The molecule has 1 saturated heterocycles. The van der Waals surface area contributed by atoms with Crippen LogP contribution in [-0.4, -0.2) is 35.5 Å². The van der Waals surface area contributed by atoms with Crippen molar-refractivity contribution in [2.24, 2.45) is 0 Å². The largest absolute Gasteiger partial charge is 0.491 e. The van der Waals surface area contributed by atoms with Gasteiger partial charge in [-0.15, -0.1) is 10.2 Å². The molecule has 2 aromatic carbocycles. The van der Waals surface area contributed by atoms with Crippen molar-refractivity contribution in [3.8, 4) is 17.2 Å². The maximum atomic E-state index is 12.4. The second-order valence-electron chi connectivity index (χ2n) is 6.83. The predicted octanol–water partition coefficient (Wildman–Crippen LogP) is 4.21. The third kappa shape index (κ3) is 4.81. The Bertz CT molecular complexity index is 933. The second kappa shape index (κ2) is 8.87. The number of ether oxygens (including phenoxy) is 3. The van der Waals surface area contributed by atoms with Gasteiger partial charge in [0.25, 0.3) is 5.89 Å². The van der Waals surface area contributed by atoms with Gasteiger partial charge in [-0.25, -0.2) is 4.79 Å². The molecule has 0 N–H and O–H groups in total. The van der Waals surface area contributed by atoms with Gasteiger partial charge < -0.3 is 18.6 Å². The van der Waals surface area contributed by atoms with Crippen LogP contribution in [0.3, 0.4) is 0 Å². The van der Waals surface area contributed by atoms with E-state index in [1.807, 2.05) is 30.3 Å². The van der Waals surface area contributed by atoms with Crippen LogP contribution in [0.25, 0.3) is 11.5 Å². The average molecular weight is 394 g/mol. The number of nitrogens with zero attached hydrogens (tertiary/aromatic N) is 2. The number of hydrogen-bond donors (Lipinski definition) is 0. The molecule has 0 bridgehead atoms. The summed E-state index contributed by atoms with van der Waals surface area (Å²) in [7, 11) is 0. The fourth-order valence-electron chi connectivity index (χ4n) is 3.03. The van der Waals surface area contributed by atoms with Gasteiger partial charge in [-0.1, -0.05) is 18.2 Å². The van der Waals surface area contributed by atoms with Crippen LogP contribution in [-0.2, 0) is 9.47 Å². The molecule has 29 heavy (non-hydrogen) atoms. The molecule has 0 saturated carbocycles. The number of rotatable bonds is 7. The summed E-state index contributed by atoms with van der Waals surface area (Å²) < 4.78 is 22.3. The zero-order valence-corrected chi connectivity index (χ0v) is 16.1. The molecular weight excluding hydrogens is 372 g/mol. The van der Waals surface area contributed by atoms with Crippen LogP contribution >= 0.6 is 0 Å². The Hall–Kier alpha value is -3.19. The van der Waals surface area contributed by atoms with Gasteiger partial charge in [0.2, 0.25) is 5.89 Å². The lowest BCUT2D eigenvalue weighted by atomic mass is 10.2. The Labute approximate surface area is 168 Å². The molecule has 1 aliphatic rings. The quantitative estimate of drug-likeness (QED) is 0.555. The van der Waals surface area contributed by atoms with Gasteiger partial charge in [0, 0.05) is 12.2 Å². The van der Waals surface area contributed by atoms with Gasteiger partial charge in [-0.3, -0.25) is 0 Å². The summed E-state index contributed by atoms with van der Waals surface area (Å²) >= 11 is 0. The van der Waals surface area contributed by atoms with Crippen LogP contribution in [0.2, 0.25) is 0 Å². The Balaban J connectivity index is 1.33. The SMILES string of the molecule is C[C@@H](OC(=O)c1ccc(OC[C@H]2CCCO2)cc1)c1nnc(-c2ccccc2)o1. The molecule has 0 radical (unpaired) electrons. The maximum absolute atomic E-state index is 12.4. The number of carbonyl (C=O) groups is 1. The van der Waals surface area contributed by atoms with Gasteiger partial charge in [0.15, 0.2) is 6.10 Å².